The molecule has 0 unspecified atom stereocenters. The molecular weight excluding hydrogens is 204 g/mol. The van der Waals surface area contributed by atoms with E-state index in [0.717, 1.165) is 26.2 Å². The first-order valence-electron chi connectivity index (χ1n) is 5.69. The van der Waals surface area contributed by atoms with E-state index in [2.05, 4.69) is 38.3 Å². The van der Waals surface area contributed by atoms with Crippen LogP contribution >= 0.6 is 11.3 Å². The van der Waals surface area contributed by atoms with Crippen molar-refractivity contribution in [2.75, 3.05) is 13.1 Å². The predicted molar refractivity (Wildman–Crippen MR) is 68.6 cm³/mol. The summed E-state index contributed by atoms with van der Waals surface area (Å²) in [4.78, 5) is 2.92. The maximum atomic E-state index is 3.41. The number of hydrogen-bond acceptors (Lipinski definition) is 3. The zero-order valence-corrected chi connectivity index (χ0v) is 11.1. The predicted octanol–water partition coefficient (Wildman–Crippen LogP) is 2.58. The highest BCUT2D eigenvalue weighted by atomic mass is 32.1. The van der Waals surface area contributed by atoms with Crippen LogP contribution in [0.15, 0.2) is 0 Å². The van der Waals surface area contributed by atoms with E-state index < -0.39 is 0 Å². The molecule has 0 amide bonds. The fourth-order valence-electron chi connectivity index (χ4n) is 1.74. The topological polar surface area (TPSA) is 24.1 Å². The van der Waals surface area contributed by atoms with Gasteiger partial charge in [0.2, 0.25) is 0 Å². The minimum absolute atomic E-state index is 1.01. The Balaban J connectivity index is 2.80. The number of aryl methyl sites for hydroxylation is 2. The van der Waals surface area contributed by atoms with Gasteiger partial charge in [0.25, 0.3) is 0 Å². The second kappa shape index (κ2) is 6.26. The van der Waals surface area contributed by atoms with Gasteiger partial charge in [0.05, 0.1) is 0 Å². The molecule has 0 aliphatic carbocycles. The molecule has 15 heavy (non-hydrogen) atoms. The first kappa shape index (κ1) is 12.7. The molecule has 86 valence electrons. The Morgan fingerprint density at radius 1 is 0.867 bits per heavy atom. The Hall–Kier alpha value is -0.380. The SMILES string of the molecule is CCNCc1c(C)sc(C)c1CNCC. The molecule has 0 atom stereocenters. The lowest BCUT2D eigenvalue weighted by Gasteiger charge is -2.07. The first-order chi connectivity index (χ1) is 7.20. The summed E-state index contributed by atoms with van der Waals surface area (Å²) in [6.07, 6.45) is 0. The van der Waals surface area contributed by atoms with Gasteiger partial charge >= 0.3 is 0 Å². The molecule has 0 radical (unpaired) electrons. The Morgan fingerprint density at radius 2 is 1.27 bits per heavy atom. The van der Waals surface area contributed by atoms with Crippen LogP contribution in [0.3, 0.4) is 0 Å². The Bertz CT molecular complexity index is 276. The van der Waals surface area contributed by atoms with Crippen LogP contribution in [0.25, 0.3) is 0 Å². The van der Waals surface area contributed by atoms with Gasteiger partial charge in [-0.15, -0.1) is 11.3 Å². The van der Waals surface area contributed by atoms with Gasteiger partial charge in [0.15, 0.2) is 0 Å². The zero-order chi connectivity index (χ0) is 11.3. The van der Waals surface area contributed by atoms with Gasteiger partial charge in [-0.05, 0) is 38.1 Å². The van der Waals surface area contributed by atoms with E-state index >= 15 is 0 Å². The van der Waals surface area contributed by atoms with Gasteiger partial charge < -0.3 is 10.6 Å². The van der Waals surface area contributed by atoms with Crippen LogP contribution in [-0.4, -0.2) is 13.1 Å². The largest absolute Gasteiger partial charge is 0.313 e. The third-order valence-electron chi connectivity index (χ3n) is 2.62. The fraction of sp³-hybridized carbons (Fsp3) is 0.667. The summed E-state index contributed by atoms with van der Waals surface area (Å²) in [6.45, 7) is 12.8. The second-order valence-electron chi connectivity index (χ2n) is 3.73. The molecule has 0 saturated carbocycles. The smallest absolute Gasteiger partial charge is 0.0219 e. The lowest BCUT2D eigenvalue weighted by atomic mass is 10.1. The van der Waals surface area contributed by atoms with E-state index in [4.69, 9.17) is 0 Å². The van der Waals surface area contributed by atoms with Gasteiger partial charge in [-0.3, -0.25) is 0 Å². The number of thiophene rings is 1. The summed E-state index contributed by atoms with van der Waals surface area (Å²) in [6, 6.07) is 0. The molecule has 2 nitrogen and oxygen atoms in total. The molecule has 0 bridgehead atoms. The Morgan fingerprint density at radius 3 is 1.60 bits per heavy atom. The van der Waals surface area contributed by atoms with Crippen LogP contribution in [-0.2, 0) is 13.1 Å². The van der Waals surface area contributed by atoms with Crippen LogP contribution in [0.1, 0.15) is 34.7 Å². The molecule has 1 rings (SSSR count). The minimum Gasteiger partial charge on any atom is -0.313 e. The van der Waals surface area contributed by atoms with Crippen molar-refractivity contribution >= 4 is 11.3 Å². The lowest BCUT2D eigenvalue weighted by molar-refractivity contribution is 0.689. The molecule has 0 aromatic carbocycles. The summed E-state index contributed by atoms with van der Waals surface area (Å²) in [5, 5.41) is 6.83. The maximum Gasteiger partial charge on any atom is 0.0219 e. The number of rotatable bonds is 6. The number of hydrogen-bond donors (Lipinski definition) is 2. The highest BCUT2D eigenvalue weighted by Crippen LogP contribution is 2.27. The summed E-state index contributed by atoms with van der Waals surface area (Å²) in [5.41, 5.74) is 3.00. The molecule has 0 fully saturated rings. The summed E-state index contributed by atoms with van der Waals surface area (Å²) in [5.74, 6) is 0. The molecule has 1 heterocycles. The monoisotopic (exact) mass is 226 g/mol. The quantitative estimate of drug-likeness (QED) is 0.779. The van der Waals surface area contributed by atoms with Crippen molar-refractivity contribution in [2.24, 2.45) is 0 Å². The van der Waals surface area contributed by atoms with Crippen LogP contribution in [0, 0.1) is 13.8 Å². The van der Waals surface area contributed by atoms with E-state index in [1.54, 1.807) is 0 Å². The van der Waals surface area contributed by atoms with Crippen molar-refractivity contribution in [3.63, 3.8) is 0 Å². The van der Waals surface area contributed by atoms with Crippen LogP contribution < -0.4 is 10.6 Å². The molecule has 1 aromatic rings. The molecule has 0 saturated heterocycles. The minimum atomic E-state index is 1.01. The van der Waals surface area contributed by atoms with Crippen molar-refractivity contribution in [1.82, 2.24) is 10.6 Å². The average molecular weight is 226 g/mol. The van der Waals surface area contributed by atoms with Gasteiger partial charge in [-0.1, -0.05) is 13.8 Å². The van der Waals surface area contributed by atoms with Crippen molar-refractivity contribution in [3.05, 3.63) is 20.9 Å². The van der Waals surface area contributed by atoms with Gasteiger partial charge in [-0.2, -0.15) is 0 Å². The van der Waals surface area contributed by atoms with E-state index in [1.807, 2.05) is 11.3 Å². The Labute approximate surface area is 97.1 Å². The van der Waals surface area contributed by atoms with Crippen molar-refractivity contribution in [1.29, 1.82) is 0 Å². The van der Waals surface area contributed by atoms with Crippen molar-refractivity contribution in [3.8, 4) is 0 Å². The average Bonchev–Trinajstić information content (AvgIpc) is 2.47. The maximum absolute atomic E-state index is 3.41. The summed E-state index contributed by atoms with van der Waals surface area (Å²) >= 11 is 1.92. The van der Waals surface area contributed by atoms with E-state index in [1.165, 1.54) is 20.9 Å². The van der Waals surface area contributed by atoms with E-state index in [-0.39, 0.29) is 0 Å². The third-order valence-corrected chi connectivity index (χ3v) is 3.73. The molecule has 0 aliphatic heterocycles. The van der Waals surface area contributed by atoms with Crippen LogP contribution in [0.2, 0.25) is 0 Å². The fourth-order valence-corrected chi connectivity index (χ4v) is 2.84. The third kappa shape index (κ3) is 3.30. The van der Waals surface area contributed by atoms with Gasteiger partial charge in [0, 0.05) is 22.8 Å². The van der Waals surface area contributed by atoms with Gasteiger partial charge in [-0.25, -0.2) is 0 Å². The standard InChI is InChI=1S/C12H22N2S/c1-5-13-7-11-9(3)15-10(4)12(11)8-14-6-2/h13-14H,5-8H2,1-4H3. The highest BCUT2D eigenvalue weighted by Gasteiger charge is 2.11. The van der Waals surface area contributed by atoms with E-state index in [9.17, 15) is 0 Å². The summed E-state index contributed by atoms with van der Waals surface area (Å²) in [7, 11) is 0. The molecule has 1 aromatic heterocycles. The summed E-state index contributed by atoms with van der Waals surface area (Å²) < 4.78 is 0. The first-order valence-corrected chi connectivity index (χ1v) is 6.51. The van der Waals surface area contributed by atoms with Gasteiger partial charge in [0.1, 0.15) is 0 Å². The van der Waals surface area contributed by atoms with E-state index in [0.29, 0.717) is 0 Å². The lowest BCUT2D eigenvalue weighted by Crippen LogP contribution is -2.17. The molecule has 2 N–H and O–H groups in total. The molecule has 0 aliphatic rings. The normalized spacial score (nSPS) is 10.9. The second-order valence-corrected chi connectivity index (χ2v) is 5.16. The van der Waals surface area contributed by atoms with Crippen molar-refractivity contribution in [2.45, 2.75) is 40.8 Å². The molecule has 3 heteroatoms. The molecule has 0 spiro atoms. The number of nitrogens with one attached hydrogen (secondary N) is 2. The van der Waals surface area contributed by atoms with Crippen molar-refractivity contribution < 1.29 is 0 Å². The zero-order valence-electron chi connectivity index (χ0n) is 10.2. The molecular formula is C12H22N2S. The van der Waals surface area contributed by atoms with Crippen LogP contribution in [0.4, 0.5) is 0 Å². The highest BCUT2D eigenvalue weighted by molar-refractivity contribution is 7.12. The Kier molecular flexibility index (Phi) is 5.29. The van der Waals surface area contributed by atoms with Crippen LogP contribution in [0.5, 0.6) is 0 Å².